The Balaban J connectivity index is 1.56. The van der Waals surface area contributed by atoms with Crippen molar-refractivity contribution in [1.82, 2.24) is 24.6 Å². The molecule has 1 aromatic carbocycles. The van der Waals surface area contributed by atoms with Gasteiger partial charge < -0.3 is 20.1 Å². The van der Waals surface area contributed by atoms with Crippen LogP contribution in [0.3, 0.4) is 0 Å². The van der Waals surface area contributed by atoms with E-state index in [9.17, 15) is 24.3 Å². The van der Waals surface area contributed by atoms with Crippen molar-refractivity contribution in [3.63, 3.8) is 0 Å². The van der Waals surface area contributed by atoms with E-state index in [0.29, 0.717) is 26.3 Å². The Kier molecular flexibility index (Phi) is 8.55. The molecule has 2 aliphatic rings. The third kappa shape index (κ3) is 6.03. The topological polar surface area (TPSA) is 136 Å². The molecule has 2 heterocycles. The van der Waals surface area contributed by atoms with Crippen LogP contribution in [0.25, 0.3) is 5.69 Å². The van der Waals surface area contributed by atoms with Crippen LogP contribution in [0.4, 0.5) is 0 Å². The monoisotopic (exact) mass is 519 g/mol. The van der Waals surface area contributed by atoms with Crippen LogP contribution >= 0.6 is 11.6 Å². The van der Waals surface area contributed by atoms with E-state index in [0.717, 1.165) is 54.0 Å². The predicted molar refractivity (Wildman–Crippen MR) is 131 cm³/mol. The number of halogens is 1. The first-order valence-corrected chi connectivity index (χ1v) is 12.6. The minimum atomic E-state index is -1.01. The van der Waals surface area contributed by atoms with Crippen LogP contribution in [0.2, 0.25) is 5.02 Å². The summed E-state index contributed by atoms with van der Waals surface area (Å²) in [6, 6.07) is 4.28. The molecule has 0 radical (unpaired) electrons. The van der Waals surface area contributed by atoms with Crippen LogP contribution in [-0.4, -0.2) is 68.7 Å². The van der Waals surface area contributed by atoms with Gasteiger partial charge in [0.05, 0.1) is 29.5 Å². The number of hydrogen-bond donors (Lipinski definition) is 2. The van der Waals surface area contributed by atoms with Gasteiger partial charge in [0, 0.05) is 19.0 Å². The first-order valence-electron chi connectivity index (χ1n) is 12.2. The van der Waals surface area contributed by atoms with Crippen LogP contribution < -0.4 is 16.6 Å². The minimum Gasteiger partial charge on any atom is -0.378 e. The van der Waals surface area contributed by atoms with Gasteiger partial charge in [0.25, 0.3) is 11.5 Å². The van der Waals surface area contributed by atoms with Gasteiger partial charge in [0.2, 0.25) is 5.91 Å². The maximum atomic E-state index is 13.1. The summed E-state index contributed by atoms with van der Waals surface area (Å²) in [5, 5.41) is 17.2. The van der Waals surface area contributed by atoms with Gasteiger partial charge >= 0.3 is 5.69 Å². The van der Waals surface area contributed by atoms with Crippen molar-refractivity contribution >= 4 is 23.4 Å². The molecule has 0 spiro atoms. The summed E-state index contributed by atoms with van der Waals surface area (Å²) in [5.74, 6) is -0.989. The molecule has 2 fully saturated rings. The zero-order chi connectivity index (χ0) is 25.7. The Hall–Kier alpha value is -3.02. The highest BCUT2D eigenvalue weighted by molar-refractivity contribution is 6.33. The number of rotatable bonds is 6. The van der Waals surface area contributed by atoms with E-state index < -0.39 is 29.9 Å². The van der Waals surface area contributed by atoms with Gasteiger partial charge in [-0.05, 0) is 31.0 Å². The Labute approximate surface area is 212 Å². The van der Waals surface area contributed by atoms with E-state index in [1.807, 2.05) is 0 Å². The summed E-state index contributed by atoms with van der Waals surface area (Å²) in [5.41, 5.74) is -1.30. The summed E-state index contributed by atoms with van der Waals surface area (Å²) >= 11 is 6.26. The molecular formula is C24H30ClN5O6. The quantitative estimate of drug-likeness (QED) is 0.428. The SMILES string of the molecule is O=C(NC(O)C1CCCCCC1)c1cc(-n2ncc(=O)n(CC(=O)N3CCOCC3)c2=O)ccc1Cl. The fraction of sp³-hybridized carbons (Fsp3) is 0.542. The normalized spacial score (nSPS) is 17.9. The van der Waals surface area contributed by atoms with Gasteiger partial charge in [-0.3, -0.25) is 14.4 Å². The number of carbonyl (C=O) groups is 2. The second-order valence-electron chi connectivity index (χ2n) is 9.09. The number of aliphatic hydroxyl groups excluding tert-OH is 1. The van der Waals surface area contributed by atoms with Crippen molar-refractivity contribution in [2.75, 3.05) is 26.3 Å². The molecule has 1 aromatic heterocycles. The highest BCUT2D eigenvalue weighted by Crippen LogP contribution is 2.25. The van der Waals surface area contributed by atoms with Gasteiger partial charge in [-0.2, -0.15) is 9.78 Å². The van der Waals surface area contributed by atoms with Gasteiger partial charge in [0.1, 0.15) is 19.0 Å². The first kappa shape index (κ1) is 26.1. The van der Waals surface area contributed by atoms with Crippen molar-refractivity contribution in [1.29, 1.82) is 0 Å². The first-order chi connectivity index (χ1) is 17.3. The van der Waals surface area contributed by atoms with E-state index in [-0.39, 0.29) is 28.1 Å². The second-order valence-corrected chi connectivity index (χ2v) is 9.50. The maximum Gasteiger partial charge on any atom is 0.352 e. The van der Waals surface area contributed by atoms with Crippen molar-refractivity contribution in [2.45, 2.75) is 51.3 Å². The van der Waals surface area contributed by atoms with Crippen molar-refractivity contribution < 1.29 is 19.4 Å². The Morgan fingerprint density at radius 1 is 1.14 bits per heavy atom. The molecule has 1 unspecified atom stereocenters. The molecule has 1 aliphatic heterocycles. The highest BCUT2D eigenvalue weighted by atomic mass is 35.5. The molecule has 0 bridgehead atoms. The molecule has 1 saturated carbocycles. The Bertz CT molecular complexity index is 1210. The number of aliphatic hydroxyl groups is 1. The van der Waals surface area contributed by atoms with Crippen LogP contribution in [0.5, 0.6) is 0 Å². The molecule has 1 atom stereocenters. The average molecular weight is 520 g/mol. The summed E-state index contributed by atoms with van der Waals surface area (Å²) in [6.07, 6.45) is 5.85. The summed E-state index contributed by atoms with van der Waals surface area (Å²) in [6.45, 7) is 1.12. The molecule has 12 heteroatoms. The fourth-order valence-electron chi connectivity index (χ4n) is 4.58. The Morgan fingerprint density at radius 3 is 2.53 bits per heavy atom. The van der Waals surface area contributed by atoms with E-state index >= 15 is 0 Å². The lowest BCUT2D eigenvalue weighted by molar-refractivity contribution is -0.136. The molecule has 1 saturated heterocycles. The van der Waals surface area contributed by atoms with Gasteiger partial charge in [-0.15, -0.1) is 0 Å². The zero-order valence-corrected chi connectivity index (χ0v) is 20.7. The van der Waals surface area contributed by atoms with E-state index in [4.69, 9.17) is 16.3 Å². The molecule has 1 aliphatic carbocycles. The van der Waals surface area contributed by atoms with E-state index in [1.54, 1.807) is 0 Å². The summed E-state index contributed by atoms with van der Waals surface area (Å²) in [7, 11) is 0. The number of amides is 2. The number of carbonyl (C=O) groups excluding carboxylic acids is 2. The lowest BCUT2D eigenvalue weighted by Crippen LogP contribution is -2.47. The highest BCUT2D eigenvalue weighted by Gasteiger charge is 2.24. The molecule has 4 rings (SSSR count). The molecule has 194 valence electrons. The fourth-order valence-corrected chi connectivity index (χ4v) is 4.78. The number of benzene rings is 1. The number of hydrogen-bond acceptors (Lipinski definition) is 7. The maximum absolute atomic E-state index is 13.1. The summed E-state index contributed by atoms with van der Waals surface area (Å²) in [4.78, 5) is 52.5. The standard InChI is InChI=1S/C24H30ClN5O6/c25-19-8-7-17(13-18(19)23(34)27-22(33)16-5-3-1-2-4-6-16)30-24(35)29(20(31)14-26-30)15-21(32)28-9-11-36-12-10-28/h7-8,13-14,16,22,33H,1-6,9-12,15H2,(H,27,34). The molecule has 2 aromatic rings. The number of aromatic nitrogens is 3. The van der Waals surface area contributed by atoms with Gasteiger partial charge in [-0.1, -0.05) is 37.3 Å². The molecule has 2 N–H and O–H groups in total. The van der Waals surface area contributed by atoms with E-state index in [1.165, 1.54) is 23.1 Å². The van der Waals surface area contributed by atoms with Crippen LogP contribution in [0, 0.1) is 5.92 Å². The smallest absolute Gasteiger partial charge is 0.352 e. The largest absolute Gasteiger partial charge is 0.378 e. The number of nitrogens with zero attached hydrogens (tertiary/aromatic N) is 4. The van der Waals surface area contributed by atoms with Crippen molar-refractivity contribution in [2.24, 2.45) is 5.92 Å². The third-order valence-corrected chi connectivity index (χ3v) is 7.01. The van der Waals surface area contributed by atoms with E-state index in [2.05, 4.69) is 10.4 Å². The second kappa shape index (κ2) is 11.8. The van der Waals surface area contributed by atoms with Crippen LogP contribution in [0.1, 0.15) is 48.9 Å². The number of ether oxygens (including phenoxy) is 1. The Morgan fingerprint density at radius 2 is 1.83 bits per heavy atom. The molecular weight excluding hydrogens is 490 g/mol. The predicted octanol–water partition coefficient (Wildman–Crippen LogP) is 0.925. The lowest BCUT2D eigenvalue weighted by atomic mass is 9.98. The molecule has 2 amide bonds. The van der Waals surface area contributed by atoms with Crippen molar-refractivity contribution in [3.05, 3.63) is 55.8 Å². The number of nitrogens with one attached hydrogen (secondary N) is 1. The van der Waals surface area contributed by atoms with Crippen molar-refractivity contribution in [3.8, 4) is 5.69 Å². The molecule has 36 heavy (non-hydrogen) atoms. The molecule has 11 nitrogen and oxygen atoms in total. The zero-order valence-electron chi connectivity index (χ0n) is 19.9. The van der Waals surface area contributed by atoms with Gasteiger partial charge in [0.15, 0.2) is 0 Å². The summed E-state index contributed by atoms with van der Waals surface area (Å²) < 4.78 is 6.96. The lowest BCUT2D eigenvalue weighted by Gasteiger charge is -2.26. The van der Waals surface area contributed by atoms with Gasteiger partial charge in [-0.25, -0.2) is 9.36 Å². The number of morpholine rings is 1. The average Bonchev–Trinajstić information content (AvgIpc) is 3.17. The van der Waals surface area contributed by atoms with Crippen LogP contribution in [-0.2, 0) is 16.1 Å². The third-order valence-electron chi connectivity index (χ3n) is 6.68. The minimum absolute atomic E-state index is 0.0322. The van der Waals surface area contributed by atoms with Crippen LogP contribution in [0.15, 0.2) is 34.0 Å².